The van der Waals surface area contributed by atoms with Gasteiger partial charge in [-0.15, -0.1) is 10.2 Å². The number of hydrogen-bond donors (Lipinski definition) is 1. The lowest BCUT2D eigenvalue weighted by molar-refractivity contribution is -0.121. The highest BCUT2D eigenvalue weighted by Gasteiger charge is 2.30. The maximum Gasteiger partial charge on any atom is 0.178 e. The van der Waals surface area contributed by atoms with Crippen molar-refractivity contribution in [3.05, 3.63) is 41.1 Å². The zero-order valence-corrected chi connectivity index (χ0v) is 17.1. The molecule has 28 heavy (non-hydrogen) atoms. The largest absolute Gasteiger partial charge is 0.300 e. The van der Waals surface area contributed by atoms with Crippen LogP contribution in [-0.2, 0) is 18.3 Å². The van der Waals surface area contributed by atoms with Crippen molar-refractivity contribution in [1.29, 1.82) is 0 Å². The van der Waals surface area contributed by atoms with Crippen molar-refractivity contribution in [2.45, 2.75) is 52.9 Å². The first-order valence-corrected chi connectivity index (χ1v) is 9.61. The second-order valence-electron chi connectivity index (χ2n) is 7.31. The number of tetrazole rings is 1. The minimum atomic E-state index is -0.134. The topological polar surface area (TPSA) is 102 Å². The summed E-state index contributed by atoms with van der Waals surface area (Å²) >= 11 is 0. The fourth-order valence-corrected chi connectivity index (χ4v) is 3.83. The van der Waals surface area contributed by atoms with E-state index in [2.05, 4.69) is 43.7 Å². The molecule has 3 rings (SSSR count). The van der Waals surface area contributed by atoms with Crippen molar-refractivity contribution in [2.24, 2.45) is 13.0 Å². The number of carbonyl (C=O) groups excluding carboxylic acids is 1. The van der Waals surface area contributed by atoms with Crippen molar-refractivity contribution in [1.82, 2.24) is 35.4 Å². The van der Waals surface area contributed by atoms with Crippen LogP contribution in [-0.4, -0.2) is 41.2 Å². The highest BCUT2D eigenvalue weighted by Crippen LogP contribution is 2.31. The van der Waals surface area contributed by atoms with E-state index in [1.165, 1.54) is 0 Å². The number of ketones is 1. The molecule has 0 saturated carbocycles. The summed E-state index contributed by atoms with van der Waals surface area (Å²) in [6, 6.07) is 4.08. The smallest absolute Gasteiger partial charge is 0.178 e. The Labute approximate surface area is 164 Å². The Hall–Kier alpha value is -2.90. The maximum absolute atomic E-state index is 12.3. The summed E-state index contributed by atoms with van der Waals surface area (Å²) in [4.78, 5) is 16.9. The van der Waals surface area contributed by atoms with Crippen molar-refractivity contribution in [2.75, 3.05) is 0 Å². The van der Waals surface area contributed by atoms with Gasteiger partial charge in [0, 0.05) is 36.3 Å². The van der Waals surface area contributed by atoms with Gasteiger partial charge in [0.1, 0.15) is 5.78 Å². The van der Waals surface area contributed by atoms with Crippen LogP contribution in [0, 0.1) is 19.8 Å². The molecule has 0 spiro atoms. The maximum atomic E-state index is 12.3. The fourth-order valence-electron chi connectivity index (χ4n) is 3.83. The number of nitrogens with zero attached hydrogens (tertiary/aromatic N) is 6. The number of aryl methyl sites for hydroxylation is 2. The third-order valence-electron chi connectivity index (χ3n) is 5.35. The molecule has 0 aliphatic heterocycles. The lowest BCUT2D eigenvalue weighted by atomic mass is 9.81. The van der Waals surface area contributed by atoms with Gasteiger partial charge in [-0.1, -0.05) is 24.6 Å². The van der Waals surface area contributed by atoms with Gasteiger partial charge in [-0.2, -0.15) is 10.3 Å². The van der Waals surface area contributed by atoms with Gasteiger partial charge in [0.15, 0.2) is 5.82 Å². The van der Waals surface area contributed by atoms with Crippen molar-refractivity contribution < 1.29 is 4.79 Å². The van der Waals surface area contributed by atoms with Gasteiger partial charge in [-0.3, -0.25) is 14.5 Å². The van der Waals surface area contributed by atoms with E-state index in [-0.39, 0.29) is 17.6 Å². The van der Waals surface area contributed by atoms with Gasteiger partial charge in [0.2, 0.25) is 0 Å². The van der Waals surface area contributed by atoms with Crippen LogP contribution in [0.2, 0.25) is 0 Å². The van der Waals surface area contributed by atoms with Gasteiger partial charge in [-0.25, -0.2) is 0 Å². The zero-order chi connectivity index (χ0) is 20.3. The number of hydrogen-bond acceptors (Lipinski definition) is 6. The molecule has 1 N–H and O–H groups in total. The Kier molecular flexibility index (Phi) is 5.96. The second kappa shape index (κ2) is 8.41. The Morgan fingerprint density at radius 1 is 1.29 bits per heavy atom. The summed E-state index contributed by atoms with van der Waals surface area (Å²) in [6.07, 6.45) is 4.24. The first-order chi connectivity index (χ1) is 13.4. The number of H-pyrrole nitrogens is 1. The Morgan fingerprint density at radius 2 is 2.07 bits per heavy atom. The number of carbonyl (C=O) groups is 1. The molecule has 0 fully saturated rings. The second-order valence-corrected chi connectivity index (χ2v) is 7.31. The number of nitrogens with one attached hydrogen (secondary N) is 1. The monoisotopic (exact) mass is 381 g/mol. The first-order valence-electron chi connectivity index (χ1n) is 9.61. The SMILES string of the molecule is CCC[C@H](C(C)=O)[C@H](Cc1ccc(-c2c(C)nn(C)c2C)nc1)c1nn[nH]n1. The molecular weight excluding hydrogens is 354 g/mol. The molecule has 8 nitrogen and oxygen atoms in total. The molecule has 3 aromatic heterocycles. The quantitative estimate of drug-likeness (QED) is 0.643. The van der Waals surface area contributed by atoms with Gasteiger partial charge >= 0.3 is 0 Å². The number of aromatic nitrogens is 7. The molecule has 0 radical (unpaired) electrons. The highest BCUT2D eigenvalue weighted by atomic mass is 16.1. The average Bonchev–Trinajstić information content (AvgIpc) is 3.27. The molecule has 3 heterocycles. The third kappa shape index (κ3) is 4.00. The van der Waals surface area contributed by atoms with Gasteiger partial charge < -0.3 is 0 Å². The summed E-state index contributed by atoms with van der Waals surface area (Å²) in [5.41, 5.74) is 5.06. The first kappa shape index (κ1) is 19.9. The van der Waals surface area contributed by atoms with Crippen LogP contribution in [0.5, 0.6) is 0 Å². The molecule has 0 aliphatic carbocycles. The summed E-state index contributed by atoms with van der Waals surface area (Å²) in [6.45, 7) is 7.76. The van der Waals surface area contributed by atoms with E-state index in [1.54, 1.807) is 6.92 Å². The normalized spacial score (nSPS) is 13.5. The third-order valence-corrected chi connectivity index (χ3v) is 5.35. The van der Waals surface area contributed by atoms with Crippen molar-refractivity contribution in [3.8, 4) is 11.3 Å². The summed E-state index contributed by atoms with van der Waals surface area (Å²) < 4.78 is 1.87. The number of Topliss-reactive ketones (excluding diaryl/α,β-unsaturated/α-hetero) is 1. The average molecular weight is 381 g/mol. The molecule has 0 aromatic carbocycles. The molecule has 0 aliphatic rings. The van der Waals surface area contributed by atoms with E-state index in [0.717, 1.165) is 41.1 Å². The van der Waals surface area contributed by atoms with Gasteiger partial charge in [0.05, 0.1) is 11.4 Å². The number of pyridine rings is 1. The molecule has 0 bridgehead atoms. The lowest BCUT2D eigenvalue weighted by Crippen LogP contribution is -2.23. The molecule has 148 valence electrons. The summed E-state index contributed by atoms with van der Waals surface area (Å²) in [5.74, 6) is 0.482. The standard InChI is InChI=1S/C20H27N7O/c1-6-7-16(14(4)28)17(20-22-25-26-23-20)10-15-8-9-18(21-11-15)19-12(2)24-27(5)13(19)3/h8-9,11,16-17H,6-7,10H2,1-5H3,(H,22,23,25,26)/t16-,17+/m1/s1. The summed E-state index contributed by atoms with van der Waals surface area (Å²) in [7, 11) is 1.94. The minimum Gasteiger partial charge on any atom is -0.300 e. The minimum absolute atomic E-state index is 0.120. The van der Waals surface area contributed by atoms with Crippen molar-refractivity contribution >= 4 is 5.78 Å². The van der Waals surface area contributed by atoms with Crippen LogP contribution in [0.15, 0.2) is 18.3 Å². The molecule has 3 aromatic rings. The molecule has 0 saturated heterocycles. The van der Waals surface area contributed by atoms with E-state index in [4.69, 9.17) is 0 Å². The van der Waals surface area contributed by atoms with Crippen LogP contribution in [0.1, 0.15) is 55.4 Å². The van der Waals surface area contributed by atoms with Crippen LogP contribution in [0.3, 0.4) is 0 Å². The Bertz CT molecular complexity index is 928. The molecule has 8 heteroatoms. The van der Waals surface area contributed by atoms with Gasteiger partial charge in [0.25, 0.3) is 0 Å². The Balaban J connectivity index is 1.88. The molecule has 2 atom stereocenters. The predicted octanol–water partition coefficient (Wildman–Crippen LogP) is 2.94. The molecule has 0 unspecified atom stereocenters. The Morgan fingerprint density at radius 3 is 2.57 bits per heavy atom. The highest BCUT2D eigenvalue weighted by molar-refractivity contribution is 5.79. The fraction of sp³-hybridized carbons (Fsp3) is 0.500. The summed E-state index contributed by atoms with van der Waals surface area (Å²) in [5, 5.41) is 19.0. The van der Waals surface area contributed by atoms with E-state index >= 15 is 0 Å². The predicted molar refractivity (Wildman–Crippen MR) is 106 cm³/mol. The van der Waals surface area contributed by atoms with E-state index in [1.807, 2.05) is 37.8 Å². The number of rotatable bonds is 8. The van der Waals surface area contributed by atoms with E-state index in [9.17, 15) is 4.79 Å². The van der Waals surface area contributed by atoms with E-state index < -0.39 is 0 Å². The van der Waals surface area contributed by atoms with Crippen LogP contribution < -0.4 is 0 Å². The van der Waals surface area contributed by atoms with Crippen LogP contribution >= 0.6 is 0 Å². The lowest BCUT2D eigenvalue weighted by Gasteiger charge is -2.22. The zero-order valence-electron chi connectivity index (χ0n) is 17.1. The molecular formula is C20H27N7O. The number of aromatic amines is 1. The molecule has 0 amide bonds. The van der Waals surface area contributed by atoms with Crippen molar-refractivity contribution in [3.63, 3.8) is 0 Å². The van der Waals surface area contributed by atoms with Gasteiger partial charge in [-0.05, 0) is 45.2 Å². The van der Waals surface area contributed by atoms with Crippen LogP contribution in [0.25, 0.3) is 11.3 Å². The van der Waals surface area contributed by atoms with E-state index in [0.29, 0.717) is 12.2 Å². The van der Waals surface area contributed by atoms with Crippen LogP contribution in [0.4, 0.5) is 0 Å².